The fraction of sp³-hybridized carbons (Fsp3) is 0.350. The average Bonchev–Trinajstić information content (AvgIpc) is 3.38. The summed E-state index contributed by atoms with van der Waals surface area (Å²) in [6.45, 7) is 3.36. The van der Waals surface area contributed by atoms with E-state index in [0.29, 0.717) is 18.3 Å². The highest BCUT2D eigenvalue weighted by Crippen LogP contribution is 2.30. The number of amides is 1. The van der Waals surface area contributed by atoms with Crippen LogP contribution in [0.4, 0.5) is 0 Å². The van der Waals surface area contributed by atoms with Crippen LogP contribution in [0.15, 0.2) is 46.2 Å². The second-order valence-electron chi connectivity index (χ2n) is 6.71. The third-order valence-corrected chi connectivity index (χ3v) is 5.51. The lowest BCUT2D eigenvalue weighted by Gasteiger charge is -2.31. The number of carbonyl (C=O) groups is 1. The first-order valence-electron chi connectivity index (χ1n) is 9.03. The van der Waals surface area contributed by atoms with Crippen molar-refractivity contribution in [1.29, 1.82) is 0 Å². The summed E-state index contributed by atoms with van der Waals surface area (Å²) in [7, 11) is 0. The van der Waals surface area contributed by atoms with Crippen LogP contribution in [0, 0.1) is 6.92 Å². The maximum Gasteiger partial charge on any atom is 0.260 e. The number of rotatable bonds is 5. The zero-order valence-corrected chi connectivity index (χ0v) is 15.9. The monoisotopic (exact) mass is 383 g/mol. The van der Waals surface area contributed by atoms with Crippen LogP contribution in [-0.4, -0.2) is 40.7 Å². The van der Waals surface area contributed by atoms with Gasteiger partial charge in [-0.2, -0.15) is 0 Å². The Kier molecular flexibility index (Phi) is 5.20. The molecule has 27 heavy (non-hydrogen) atoms. The molecule has 1 fully saturated rings. The molecule has 3 aromatic rings. The first kappa shape index (κ1) is 17.7. The number of likely N-dealkylation sites (tertiary alicyclic amines) is 1. The fourth-order valence-electron chi connectivity index (χ4n) is 3.25. The number of thiophene rings is 1. The Bertz CT molecular complexity index is 907. The van der Waals surface area contributed by atoms with Crippen molar-refractivity contribution >= 4 is 17.2 Å². The van der Waals surface area contributed by atoms with Gasteiger partial charge in [-0.25, -0.2) is 0 Å². The molecule has 140 valence electrons. The van der Waals surface area contributed by atoms with Crippen LogP contribution in [0.25, 0.3) is 10.8 Å². The smallest absolute Gasteiger partial charge is 0.260 e. The van der Waals surface area contributed by atoms with Gasteiger partial charge in [0.25, 0.3) is 11.8 Å². The lowest BCUT2D eigenvalue weighted by Crippen LogP contribution is -2.41. The van der Waals surface area contributed by atoms with E-state index >= 15 is 0 Å². The maximum atomic E-state index is 12.6. The summed E-state index contributed by atoms with van der Waals surface area (Å²) in [5.41, 5.74) is 1.11. The summed E-state index contributed by atoms with van der Waals surface area (Å²) in [6, 6.07) is 11.6. The molecule has 1 atom stereocenters. The van der Waals surface area contributed by atoms with Crippen molar-refractivity contribution in [2.45, 2.75) is 25.7 Å². The number of aryl methyl sites for hydroxylation is 1. The minimum absolute atomic E-state index is 0.0146. The van der Waals surface area contributed by atoms with E-state index in [1.807, 2.05) is 53.6 Å². The third-order valence-electron chi connectivity index (χ3n) is 4.65. The quantitative estimate of drug-likeness (QED) is 0.669. The second kappa shape index (κ2) is 7.92. The van der Waals surface area contributed by atoms with Crippen LogP contribution in [0.5, 0.6) is 5.75 Å². The van der Waals surface area contributed by atoms with Crippen LogP contribution in [0.2, 0.25) is 0 Å². The van der Waals surface area contributed by atoms with Crippen molar-refractivity contribution in [2.24, 2.45) is 0 Å². The summed E-state index contributed by atoms with van der Waals surface area (Å²) in [6.07, 6.45) is 1.85. The van der Waals surface area contributed by atoms with Gasteiger partial charge in [0.2, 0.25) is 5.89 Å². The highest BCUT2D eigenvalue weighted by atomic mass is 32.1. The SMILES string of the molecule is Cc1cccc(OCC(=O)N2CCCC(c3nnc(-c4cccs4)o3)C2)c1. The van der Waals surface area contributed by atoms with E-state index in [1.165, 1.54) is 0 Å². The third kappa shape index (κ3) is 4.19. The molecule has 1 aromatic carbocycles. The second-order valence-corrected chi connectivity index (χ2v) is 7.65. The first-order valence-corrected chi connectivity index (χ1v) is 9.91. The summed E-state index contributed by atoms with van der Waals surface area (Å²) in [5.74, 6) is 1.93. The van der Waals surface area contributed by atoms with E-state index in [-0.39, 0.29) is 18.4 Å². The number of ether oxygens (including phenoxy) is 1. The van der Waals surface area contributed by atoms with E-state index < -0.39 is 0 Å². The van der Waals surface area contributed by atoms with Gasteiger partial charge < -0.3 is 14.1 Å². The Hall–Kier alpha value is -2.67. The van der Waals surface area contributed by atoms with E-state index in [9.17, 15) is 4.79 Å². The lowest BCUT2D eigenvalue weighted by atomic mass is 9.98. The zero-order valence-electron chi connectivity index (χ0n) is 15.1. The number of piperidine rings is 1. The number of hydrogen-bond donors (Lipinski definition) is 0. The summed E-state index contributed by atoms with van der Waals surface area (Å²) in [4.78, 5) is 15.4. The molecule has 6 nitrogen and oxygen atoms in total. The Morgan fingerprint density at radius 3 is 3.07 bits per heavy atom. The predicted molar refractivity (Wildman–Crippen MR) is 103 cm³/mol. The molecule has 1 saturated heterocycles. The van der Waals surface area contributed by atoms with Crippen molar-refractivity contribution < 1.29 is 13.9 Å². The number of aromatic nitrogens is 2. The van der Waals surface area contributed by atoms with Crippen molar-refractivity contribution in [3.05, 3.63) is 53.2 Å². The highest BCUT2D eigenvalue weighted by molar-refractivity contribution is 7.13. The summed E-state index contributed by atoms with van der Waals surface area (Å²) < 4.78 is 11.5. The van der Waals surface area contributed by atoms with Crippen molar-refractivity contribution in [1.82, 2.24) is 15.1 Å². The molecular weight excluding hydrogens is 362 g/mol. The molecule has 2 aromatic heterocycles. The highest BCUT2D eigenvalue weighted by Gasteiger charge is 2.28. The van der Waals surface area contributed by atoms with Gasteiger partial charge in [-0.1, -0.05) is 18.2 Å². The van der Waals surface area contributed by atoms with Crippen LogP contribution >= 0.6 is 11.3 Å². The first-order chi connectivity index (χ1) is 13.2. The number of nitrogens with zero attached hydrogens (tertiary/aromatic N) is 3. The van der Waals surface area contributed by atoms with Crippen molar-refractivity contribution in [2.75, 3.05) is 19.7 Å². The van der Waals surface area contributed by atoms with E-state index in [0.717, 1.165) is 35.6 Å². The zero-order chi connectivity index (χ0) is 18.6. The number of benzene rings is 1. The van der Waals surface area contributed by atoms with E-state index in [4.69, 9.17) is 9.15 Å². The van der Waals surface area contributed by atoms with Gasteiger partial charge in [0.05, 0.1) is 10.8 Å². The van der Waals surface area contributed by atoms with Gasteiger partial charge in [0.15, 0.2) is 6.61 Å². The summed E-state index contributed by atoms with van der Waals surface area (Å²) >= 11 is 1.57. The molecule has 1 unspecified atom stereocenters. The molecule has 4 rings (SSSR count). The topological polar surface area (TPSA) is 68.5 Å². The van der Waals surface area contributed by atoms with Gasteiger partial charge in [0, 0.05) is 13.1 Å². The van der Waals surface area contributed by atoms with Gasteiger partial charge in [0.1, 0.15) is 5.75 Å². The molecule has 0 N–H and O–H groups in total. The van der Waals surface area contributed by atoms with Crippen LogP contribution in [0.3, 0.4) is 0 Å². The summed E-state index contributed by atoms with van der Waals surface area (Å²) in [5, 5.41) is 10.3. The minimum Gasteiger partial charge on any atom is -0.484 e. The van der Waals surface area contributed by atoms with Crippen molar-refractivity contribution in [3.8, 4) is 16.5 Å². The molecule has 0 spiro atoms. The van der Waals surface area contributed by atoms with Crippen LogP contribution in [-0.2, 0) is 4.79 Å². The average molecular weight is 383 g/mol. The lowest BCUT2D eigenvalue weighted by molar-refractivity contribution is -0.134. The van der Waals surface area contributed by atoms with E-state index in [1.54, 1.807) is 11.3 Å². The van der Waals surface area contributed by atoms with Crippen LogP contribution in [0.1, 0.15) is 30.2 Å². The van der Waals surface area contributed by atoms with Gasteiger partial charge in [-0.05, 0) is 48.9 Å². The maximum absolute atomic E-state index is 12.6. The van der Waals surface area contributed by atoms with Gasteiger partial charge in [-0.15, -0.1) is 21.5 Å². The van der Waals surface area contributed by atoms with Crippen LogP contribution < -0.4 is 4.74 Å². The molecule has 3 heterocycles. The normalized spacial score (nSPS) is 17.1. The largest absolute Gasteiger partial charge is 0.484 e. The molecule has 0 aliphatic carbocycles. The fourth-order valence-corrected chi connectivity index (χ4v) is 3.89. The molecule has 0 saturated carbocycles. The van der Waals surface area contributed by atoms with Crippen molar-refractivity contribution in [3.63, 3.8) is 0 Å². The number of hydrogen-bond acceptors (Lipinski definition) is 6. The Balaban J connectivity index is 1.37. The minimum atomic E-state index is -0.0146. The Labute approximate surface area is 161 Å². The molecule has 7 heteroatoms. The molecular formula is C20H21N3O3S. The molecule has 0 radical (unpaired) electrons. The predicted octanol–water partition coefficient (Wildman–Crippen LogP) is 3.89. The Morgan fingerprint density at radius 1 is 1.33 bits per heavy atom. The molecule has 1 aliphatic heterocycles. The molecule has 0 bridgehead atoms. The van der Waals surface area contributed by atoms with Gasteiger partial charge in [-0.3, -0.25) is 4.79 Å². The standard InChI is InChI=1S/C20H21N3O3S/c1-14-5-2-7-16(11-14)25-13-18(24)23-9-3-6-15(12-23)19-21-22-20(26-19)17-8-4-10-27-17/h2,4-5,7-8,10-11,15H,3,6,9,12-13H2,1H3. The molecule has 1 aliphatic rings. The number of carbonyl (C=O) groups excluding carboxylic acids is 1. The Morgan fingerprint density at radius 2 is 2.26 bits per heavy atom. The molecule has 1 amide bonds. The van der Waals surface area contributed by atoms with E-state index in [2.05, 4.69) is 10.2 Å². The van der Waals surface area contributed by atoms with Gasteiger partial charge >= 0.3 is 0 Å².